The fourth-order valence-corrected chi connectivity index (χ4v) is 2.38. The van der Waals surface area contributed by atoms with Gasteiger partial charge in [-0.15, -0.1) is 5.10 Å². The van der Waals surface area contributed by atoms with E-state index in [0.29, 0.717) is 4.47 Å². The predicted molar refractivity (Wildman–Crippen MR) is 77.0 cm³/mol. The monoisotopic (exact) mass is 356 g/mol. The fourth-order valence-electron chi connectivity index (χ4n) is 2.05. The summed E-state index contributed by atoms with van der Waals surface area (Å²) in [5.41, 5.74) is 0.235. The first-order valence-corrected chi connectivity index (χ1v) is 7.14. The topological polar surface area (TPSA) is 80.9 Å². The molecule has 0 aliphatic carbocycles. The Labute approximate surface area is 129 Å². The molecular weight excluding hydrogens is 343 g/mol. The van der Waals surface area contributed by atoms with E-state index in [0.717, 1.165) is 0 Å². The number of hydrogen-bond donors (Lipinski definition) is 1. The van der Waals surface area contributed by atoms with E-state index in [4.69, 9.17) is 5.11 Å². The summed E-state index contributed by atoms with van der Waals surface area (Å²) in [6.45, 7) is 3.74. The molecular formula is C13H14BrFN4O2. The normalized spacial score (nSPS) is 12.6. The Kier molecular flexibility index (Phi) is 4.66. The molecule has 0 bridgehead atoms. The average Bonchev–Trinajstić information content (AvgIpc) is 2.84. The summed E-state index contributed by atoms with van der Waals surface area (Å²) in [6, 6.07) is 4.10. The van der Waals surface area contributed by atoms with Crippen molar-refractivity contribution in [3.05, 3.63) is 28.5 Å². The van der Waals surface area contributed by atoms with Crippen molar-refractivity contribution in [2.75, 3.05) is 0 Å². The van der Waals surface area contributed by atoms with Crippen molar-refractivity contribution in [1.29, 1.82) is 0 Å². The lowest BCUT2D eigenvalue weighted by Gasteiger charge is -2.20. The Morgan fingerprint density at radius 3 is 2.76 bits per heavy atom. The van der Waals surface area contributed by atoms with Crippen LogP contribution in [0.3, 0.4) is 0 Å². The van der Waals surface area contributed by atoms with Crippen LogP contribution in [0.2, 0.25) is 0 Å². The third-order valence-corrected chi connectivity index (χ3v) is 3.63. The zero-order valence-corrected chi connectivity index (χ0v) is 13.1. The average molecular weight is 357 g/mol. The maximum atomic E-state index is 14.1. The van der Waals surface area contributed by atoms with E-state index >= 15 is 0 Å². The third-order valence-electron chi connectivity index (χ3n) is 3.13. The van der Waals surface area contributed by atoms with Crippen LogP contribution >= 0.6 is 15.9 Å². The number of aliphatic carboxylic acids is 1. The maximum absolute atomic E-state index is 14.1. The molecule has 0 fully saturated rings. The lowest BCUT2D eigenvalue weighted by molar-refractivity contribution is -0.138. The van der Waals surface area contributed by atoms with Crippen molar-refractivity contribution in [3.63, 3.8) is 0 Å². The number of carboxylic acid groups (broad SMARTS) is 1. The number of halogens is 2. The lowest BCUT2D eigenvalue weighted by Crippen LogP contribution is -2.21. The number of benzene rings is 1. The van der Waals surface area contributed by atoms with Crippen molar-refractivity contribution in [2.45, 2.75) is 26.3 Å². The SMILES string of the molecule is CC(C)C(CC(=O)O)n1nnnc1-c1ccc(Br)cc1F. The first kappa shape index (κ1) is 15.6. The predicted octanol–water partition coefficient (Wildman–Crippen LogP) is 2.91. The zero-order valence-electron chi connectivity index (χ0n) is 11.5. The highest BCUT2D eigenvalue weighted by molar-refractivity contribution is 9.10. The Morgan fingerprint density at radius 2 is 2.19 bits per heavy atom. The molecule has 0 amide bonds. The molecule has 0 aliphatic heterocycles. The third kappa shape index (κ3) is 3.44. The number of carboxylic acids is 1. The van der Waals surface area contributed by atoms with E-state index in [1.165, 1.54) is 10.7 Å². The van der Waals surface area contributed by atoms with Gasteiger partial charge in [0.1, 0.15) is 5.82 Å². The van der Waals surface area contributed by atoms with Crippen LogP contribution in [0.15, 0.2) is 22.7 Å². The van der Waals surface area contributed by atoms with Gasteiger partial charge in [0.25, 0.3) is 0 Å². The molecule has 0 spiro atoms. The van der Waals surface area contributed by atoms with Gasteiger partial charge in [0.15, 0.2) is 5.82 Å². The molecule has 1 heterocycles. The number of nitrogens with zero attached hydrogens (tertiary/aromatic N) is 4. The molecule has 1 atom stereocenters. The standard InChI is InChI=1S/C13H14BrFN4O2/c1-7(2)11(6-12(20)21)19-13(16-17-18-19)9-4-3-8(14)5-10(9)15/h3-5,7,11H,6H2,1-2H3,(H,20,21). The van der Waals surface area contributed by atoms with E-state index in [-0.39, 0.29) is 23.7 Å². The molecule has 112 valence electrons. The summed E-state index contributed by atoms with van der Waals surface area (Å²) in [5, 5.41) is 20.3. The van der Waals surface area contributed by atoms with Crippen molar-refractivity contribution in [2.24, 2.45) is 5.92 Å². The smallest absolute Gasteiger partial charge is 0.305 e. The minimum absolute atomic E-state index is 0.0122. The van der Waals surface area contributed by atoms with Gasteiger partial charge in [-0.25, -0.2) is 9.07 Å². The molecule has 21 heavy (non-hydrogen) atoms. The maximum Gasteiger partial charge on any atom is 0.305 e. The summed E-state index contributed by atoms with van der Waals surface area (Å²) >= 11 is 3.19. The van der Waals surface area contributed by atoms with Crippen molar-refractivity contribution in [1.82, 2.24) is 20.2 Å². The molecule has 6 nitrogen and oxygen atoms in total. The van der Waals surface area contributed by atoms with Crippen LogP contribution in [0.5, 0.6) is 0 Å². The van der Waals surface area contributed by atoms with Crippen LogP contribution < -0.4 is 0 Å². The van der Waals surface area contributed by atoms with Gasteiger partial charge in [-0.05, 0) is 34.5 Å². The van der Waals surface area contributed by atoms with Crippen LogP contribution in [0.25, 0.3) is 11.4 Å². The highest BCUT2D eigenvalue weighted by Gasteiger charge is 2.25. The van der Waals surface area contributed by atoms with Gasteiger partial charge in [-0.1, -0.05) is 29.8 Å². The number of rotatable bonds is 5. The largest absolute Gasteiger partial charge is 0.481 e. The van der Waals surface area contributed by atoms with Crippen LogP contribution in [0, 0.1) is 11.7 Å². The molecule has 2 aromatic rings. The summed E-state index contributed by atoms with van der Waals surface area (Å²) in [5.74, 6) is -1.22. The van der Waals surface area contributed by atoms with Crippen molar-refractivity contribution >= 4 is 21.9 Å². The number of hydrogen-bond acceptors (Lipinski definition) is 4. The molecule has 0 saturated heterocycles. The van der Waals surface area contributed by atoms with Gasteiger partial charge in [-0.2, -0.15) is 0 Å². The molecule has 2 rings (SSSR count). The van der Waals surface area contributed by atoms with E-state index in [9.17, 15) is 9.18 Å². The van der Waals surface area contributed by atoms with Crippen LogP contribution in [-0.4, -0.2) is 31.3 Å². The first-order chi connectivity index (χ1) is 9.90. The highest BCUT2D eigenvalue weighted by Crippen LogP contribution is 2.28. The molecule has 1 aromatic heterocycles. The minimum atomic E-state index is -0.952. The molecule has 8 heteroatoms. The quantitative estimate of drug-likeness (QED) is 0.890. The van der Waals surface area contributed by atoms with Crippen LogP contribution in [0.4, 0.5) is 4.39 Å². The van der Waals surface area contributed by atoms with Gasteiger partial charge in [0.2, 0.25) is 0 Å². The summed E-state index contributed by atoms with van der Waals surface area (Å²) in [6.07, 6.45) is -0.131. The van der Waals surface area contributed by atoms with E-state index in [2.05, 4.69) is 31.5 Å². The Morgan fingerprint density at radius 1 is 1.48 bits per heavy atom. The second-order valence-electron chi connectivity index (χ2n) is 4.98. The second kappa shape index (κ2) is 6.30. The van der Waals surface area contributed by atoms with Gasteiger partial charge < -0.3 is 5.11 Å². The van der Waals surface area contributed by atoms with Crippen molar-refractivity contribution < 1.29 is 14.3 Å². The Bertz CT molecular complexity index is 659. The summed E-state index contributed by atoms with van der Waals surface area (Å²) < 4.78 is 16.1. The lowest BCUT2D eigenvalue weighted by atomic mass is 10.0. The van der Waals surface area contributed by atoms with Gasteiger partial charge >= 0.3 is 5.97 Å². The highest BCUT2D eigenvalue weighted by atomic mass is 79.9. The first-order valence-electron chi connectivity index (χ1n) is 6.35. The van der Waals surface area contributed by atoms with E-state index in [1.54, 1.807) is 12.1 Å². The Balaban J connectivity index is 2.48. The fraction of sp³-hybridized carbons (Fsp3) is 0.385. The van der Waals surface area contributed by atoms with E-state index < -0.39 is 17.8 Å². The molecule has 0 aliphatic rings. The number of carbonyl (C=O) groups is 1. The minimum Gasteiger partial charge on any atom is -0.481 e. The van der Waals surface area contributed by atoms with Gasteiger partial charge in [0.05, 0.1) is 18.0 Å². The van der Waals surface area contributed by atoms with Crippen molar-refractivity contribution in [3.8, 4) is 11.4 Å². The summed E-state index contributed by atoms with van der Waals surface area (Å²) in [7, 11) is 0. The molecule has 1 N–H and O–H groups in total. The zero-order chi connectivity index (χ0) is 15.6. The summed E-state index contributed by atoms with van der Waals surface area (Å²) in [4.78, 5) is 11.0. The second-order valence-corrected chi connectivity index (χ2v) is 5.90. The van der Waals surface area contributed by atoms with E-state index in [1.807, 2.05) is 13.8 Å². The molecule has 1 aromatic carbocycles. The molecule has 0 radical (unpaired) electrons. The van der Waals surface area contributed by atoms with Gasteiger partial charge in [0, 0.05) is 4.47 Å². The van der Waals surface area contributed by atoms with Crippen LogP contribution in [0.1, 0.15) is 26.3 Å². The number of tetrazole rings is 1. The molecule has 0 saturated carbocycles. The van der Waals surface area contributed by atoms with Gasteiger partial charge in [-0.3, -0.25) is 4.79 Å². The van der Waals surface area contributed by atoms with Crippen LogP contribution in [-0.2, 0) is 4.79 Å². The Hall–Kier alpha value is -1.83. The number of aromatic nitrogens is 4. The molecule has 1 unspecified atom stereocenters.